The summed E-state index contributed by atoms with van der Waals surface area (Å²) in [4.78, 5) is 78.4. The average molecular weight is 803 g/mol. The van der Waals surface area contributed by atoms with Gasteiger partial charge in [0.15, 0.2) is 0 Å². The van der Waals surface area contributed by atoms with Gasteiger partial charge in [0.1, 0.15) is 47.1 Å². The van der Waals surface area contributed by atoms with E-state index >= 15 is 0 Å². The number of likely N-dealkylation sites (tertiary alicyclic amines) is 2. The van der Waals surface area contributed by atoms with Crippen molar-refractivity contribution < 1.29 is 66.3 Å². The van der Waals surface area contributed by atoms with E-state index in [-0.39, 0.29) is 63.7 Å². The normalized spacial score (nSPS) is 21.2. The second kappa shape index (κ2) is 16.8. The number of aliphatic carboxylic acids is 1. The highest BCUT2D eigenvalue weighted by atomic mass is 19.1. The van der Waals surface area contributed by atoms with Crippen molar-refractivity contribution in [2.75, 3.05) is 20.2 Å². The number of rotatable bonds is 4. The SMILES string of the molecule is CC(C)(C)OC(=O)N1C[C@H](OC(=O)N2Cc3cccc(F)c3C2)C[C@H]1C(=O)O.COC(=O)[C@@H]1C[C@@H](OC(=O)N2Cc3cccc(F)c3C2)CN1C(=O)OC(C)(C)C. The molecule has 16 nitrogen and oxygen atoms in total. The van der Waals surface area contributed by atoms with Crippen molar-refractivity contribution in [3.63, 3.8) is 0 Å². The molecular formula is C39H48F2N4O12. The summed E-state index contributed by atoms with van der Waals surface area (Å²) >= 11 is 0. The highest BCUT2D eigenvalue weighted by molar-refractivity contribution is 5.83. The fraction of sp³-hybridized carbons (Fsp3) is 0.538. The van der Waals surface area contributed by atoms with Crippen LogP contribution in [0.4, 0.5) is 28.0 Å². The monoisotopic (exact) mass is 802 g/mol. The van der Waals surface area contributed by atoms with Gasteiger partial charge in [-0.2, -0.15) is 0 Å². The summed E-state index contributed by atoms with van der Waals surface area (Å²) in [5, 5.41) is 9.40. The fourth-order valence-electron chi connectivity index (χ4n) is 6.86. The third-order valence-corrected chi connectivity index (χ3v) is 9.44. The van der Waals surface area contributed by atoms with Gasteiger partial charge in [0.25, 0.3) is 0 Å². The standard InChI is InChI=1S/C20H25FN2O6.C19H23FN2O6/c1-20(2,3)29-19(26)23-10-13(8-16(23)17(24)27-4)28-18(25)22-9-12-6-5-7-15(21)14(12)11-22;1-19(2,3)28-18(26)22-9-12(7-15(22)16(23)24)27-17(25)21-8-11-5-4-6-14(20)13(11)10-21/h5-7,13,16H,8-11H2,1-4H3;4-6,12,15H,7-10H2,1-3H3,(H,23,24)/t13-,16+;12-,15+/m11/s1. The minimum atomic E-state index is -1.19. The number of carbonyl (C=O) groups excluding carboxylic acids is 5. The molecule has 4 atom stereocenters. The van der Waals surface area contributed by atoms with Crippen LogP contribution in [0.1, 0.15) is 76.6 Å². The van der Waals surface area contributed by atoms with Gasteiger partial charge in [-0.25, -0.2) is 37.5 Å². The summed E-state index contributed by atoms with van der Waals surface area (Å²) in [6.07, 6.45) is -4.16. The molecular weight excluding hydrogens is 754 g/mol. The maximum Gasteiger partial charge on any atom is 0.411 e. The largest absolute Gasteiger partial charge is 0.480 e. The van der Waals surface area contributed by atoms with Crippen molar-refractivity contribution in [2.24, 2.45) is 0 Å². The summed E-state index contributed by atoms with van der Waals surface area (Å²) < 4.78 is 54.0. The quantitative estimate of drug-likeness (QED) is 0.300. The molecule has 1 N–H and O–H groups in total. The first-order valence-corrected chi connectivity index (χ1v) is 18.4. The van der Waals surface area contributed by atoms with Gasteiger partial charge in [0.2, 0.25) is 0 Å². The van der Waals surface area contributed by atoms with Crippen LogP contribution in [0.15, 0.2) is 36.4 Å². The van der Waals surface area contributed by atoms with Crippen molar-refractivity contribution in [1.82, 2.24) is 19.6 Å². The Morgan fingerprint density at radius 1 is 0.632 bits per heavy atom. The highest BCUT2D eigenvalue weighted by Crippen LogP contribution is 2.30. The lowest BCUT2D eigenvalue weighted by Crippen LogP contribution is -2.44. The van der Waals surface area contributed by atoms with E-state index in [9.17, 15) is 42.7 Å². The molecule has 2 aromatic carbocycles. The molecule has 2 saturated heterocycles. The van der Waals surface area contributed by atoms with Crippen LogP contribution in [0.3, 0.4) is 0 Å². The molecule has 4 aliphatic heterocycles. The van der Waals surface area contributed by atoms with Crippen molar-refractivity contribution >= 4 is 36.3 Å². The Hall–Kier alpha value is -5.68. The molecule has 4 aliphatic rings. The Kier molecular flexibility index (Phi) is 12.5. The number of nitrogens with zero attached hydrogens (tertiary/aromatic N) is 4. The molecule has 6 rings (SSSR count). The number of benzene rings is 2. The van der Waals surface area contributed by atoms with E-state index < -0.39 is 71.8 Å². The smallest absolute Gasteiger partial charge is 0.411 e. The number of ether oxygens (including phenoxy) is 5. The molecule has 4 heterocycles. The summed E-state index contributed by atoms with van der Waals surface area (Å²) in [6, 6.07) is 7.33. The molecule has 310 valence electrons. The van der Waals surface area contributed by atoms with E-state index in [1.807, 2.05) is 0 Å². The molecule has 4 amide bonds. The summed E-state index contributed by atoms with van der Waals surface area (Å²) in [6.45, 7) is 10.8. The van der Waals surface area contributed by atoms with E-state index in [1.54, 1.807) is 65.8 Å². The van der Waals surface area contributed by atoms with Crippen LogP contribution in [0.2, 0.25) is 0 Å². The maximum atomic E-state index is 13.9. The fourth-order valence-corrected chi connectivity index (χ4v) is 6.86. The van der Waals surface area contributed by atoms with Crippen LogP contribution in [-0.2, 0) is 59.5 Å². The molecule has 2 fully saturated rings. The second-order valence-corrected chi connectivity index (χ2v) is 16.1. The average Bonchev–Trinajstić information content (AvgIpc) is 3.92. The van der Waals surface area contributed by atoms with Crippen molar-refractivity contribution in [1.29, 1.82) is 0 Å². The Morgan fingerprint density at radius 3 is 1.40 bits per heavy atom. The molecule has 0 unspecified atom stereocenters. The number of esters is 1. The van der Waals surface area contributed by atoms with E-state index in [4.69, 9.17) is 23.7 Å². The molecule has 0 bridgehead atoms. The lowest BCUT2D eigenvalue weighted by Gasteiger charge is -2.27. The predicted molar refractivity (Wildman–Crippen MR) is 194 cm³/mol. The van der Waals surface area contributed by atoms with Crippen LogP contribution in [0.5, 0.6) is 0 Å². The van der Waals surface area contributed by atoms with Gasteiger partial charge in [-0.3, -0.25) is 19.6 Å². The first-order chi connectivity index (χ1) is 26.6. The number of carboxylic acids is 1. The maximum absolute atomic E-state index is 13.9. The summed E-state index contributed by atoms with van der Waals surface area (Å²) in [5.41, 5.74) is 0.847. The van der Waals surface area contributed by atoms with Crippen LogP contribution in [-0.4, -0.2) is 117 Å². The van der Waals surface area contributed by atoms with Crippen LogP contribution in [0.25, 0.3) is 0 Å². The number of methoxy groups -OCH3 is 1. The Labute approximate surface area is 328 Å². The number of hydrogen-bond donors (Lipinski definition) is 1. The van der Waals surface area contributed by atoms with Gasteiger partial charge in [0.05, 0.1) is 33.3 Å². The van der Waals surface area contributed by atoms with Crippen LogP contribution >= 0.6 is 0 Å². The first-order valence-electron chi connectivity index (χ1n) is 18.4. The Balaban J connectivity index is 0.000000218. The van der Waals surface area contributed by atoms with Gasteiger partial charge < -0.3 is 28.8 Å². The molecule has 0 spiro atoms. The number of amides is 4. The van der Waals surface area contributed by atoms with Crippen molar-refractivity contribution in [2.45, 2.75) is 116 Å². The molecule has 18 heteroatoms. The molecule has 0 aromatic heterocycles. The van der Waals surface area contributed by atoms with Gasteiger partial charge >= 0.3 is 36.3 Å². The first kappa shape index (κ1) is 42.5. The number of halogens is 2. The van der Waals surface area contributed by atoms with Gasteiger partial charge in [-0.15, -0.1) is 0 Å². The van der Waals surface area contributed by atoms with Gasteiger partial charge in [-0.1, -0.05) is 24.3 Å². The topological polar surface area (TPSA) is 182 Å². The van der Waals surface area contributed by atoms with Crippen LogP contribution in [0, 0.1) is 11.6 Å². The minimum Gasteiger partial charge on any atom is -0.480 e. The van der Waals surface area contributed by atoms with E-state index in [0.29, 0.717) is 16.7 Å². The molecule has 2 aromatic rings. The number of carbonyl (C=O) groups is 6. The lowest BCUT2D eigenvalue weighted by atomic mass is 10.1. The zero-order valence-electron chi connectivity index (χ0n) is 32.9. The molecule has 0 radical (unpaired) electrons. The number of hydrogen-bond acceptors (Lipinski definition) is 11. The van der Waals surface area contributed by atoms with E-state index in [0.717, 1.165) is 10.5 Å². The second-order valence-electron chi connectivity index (χ2n) is 16.1. The Morgan fingerprint density at radius 2 is 1.04 bits per heavy atom. The molecule has 57 heavy (non-hydrogen) atoms. The zero-order chi connectivity index (χ0) is 42.0. The Bertz CT molecular complexity index is 1900. The van der Waals surface area contributed by atoms with E-state index in [2.05, 4.69) is 0 Å². The number of fused-ring (bicyclic) bond motifs is 2. The summed E-state index contributed by atoms with van der Waals surface area (Å²) in [5.74, 6) is -2.54. The predicted octanol–water partition coefficient (Wildman–Crippen LogP) is 5.57. The number of carboxylic acid groups (broad SMARTS) is 1. The van der Waals surface area contributed by atoms with Crippen molar-refractivity contribution in [3.05, 3.63) is 70.3 Å². The highest BCUT2D eigenvalue weighted by Gasteiger charge is 2.46. The summed E-state index contributed by atoms with van der Waals surface area (Å²) in [7, 11) is 1.23. The third-order valence-electron chi connectivity index (χ3n) is 9.44. The molecule has 0 saturated carbocycles. The van der Waals surface area contributed by atoms with Gasteiger partial charge in [0, 0.05) is 37.1 Å². The van der Waals surface area contributed by atoms with Crippen LogP contribution < -0.4 is 0 Å². The minimum absolute atomic E-state index is 0.00949. The molecule has 0 aliphatic carbocycles. The van der Waals surface area contributed by atoms with Gasteiger partial charge in [-0.05, 0) is 64.8 Å². The lowest BCUT2D eigenvalue weighted by molar-refractivity contribution is -0.145. The third kappa shape index (κ3) is 10.4. The zero-order valence-corrected chi connectivity index (χ0v) is 32.9. The van der Waals surface area contributed by atoms with Crippen molar-refractivity contribution in [3.8, 4) is 0 Å². The van der Waals surface area contributed by atoms with E-state index in [1.165, 1.54) is 33.9 Å².